The number of aliphatic imine (C=N–C) groups is 1. The van der Waals surface area contributed by atoms with Crippen LogP contribution in [0.4, 0.5) is 8.78 Å². The standard InChI is InChI=1S/C29H25F2N5O5/c1-35(2)7-9-41-29(39)25-23(17-4-3-6-32-27(17)37)24-22(12-20(31)16-5-8-40-26(16)24)36(25)13-15-10-18-21(11-19(15)30)33-14-34-28(18)38/h3-6,8,10-12,14,18,21H,7,9,13H2,1-2H3,(H,32,37)(H,33,34,38). The van der Waals surface area contributed by atoms with E-state index in [0.29, 0.717) is 11.9 Å². The molecule has 2 atom stereocenters. The number of rotatable bonds is 7. The molecule has 10 nitrogen and oxygen atoms in total. The van der Waals surface area contributed by atoms with E-state index in [0.717, 1.165) is 0 Å². The molecule has 0 spiro atoms. The van der Waals surface area contributed by atoms with Crippen molar-refractivity contribution in [2.24, 2.45) is 10.9 Å². The lowest BCUT2D eigenvalue weighted by Crippen LogP contribution is -2.40. The molecular formula is C29H25F2N5O5. The number of likely N-dealkylation sites (N-methyl/N-ethyl adjacent to an activating group) is 1. The molecule has 2 aliphatic rings. The normalized spacial score (nSPS) is 18.4. The number of halogens is 2. The predicted molar refractivity (Wildman–Crippen MR) is 148 cm³/mol. The van der Waals surface area contributed by atoms with Crippen molar-refractivity contribution in [2.75, 3.05) is 27.2 Å². The summed E-state index contributed by atoms with van der Waals surface area (Å²) in [4.78, 5) is 47.9. The van der Waals surface area contributed by atoms with Gasteiger partial charge < -0.3 is 28.9 Å². The van der Waals surface area contributed by atoms with Crippen LogP contribution in [0.5, 0.6) is 0 Å². The van der Waals surface area contributed by atoms with E-state index >= 15 is 8.78 Å². The average Bonchev–Trinajstić information content (AvgIpc) is 3.54. The maximum atomic E-state index is 15.4. The van der Waals surface area contributed by atoms with Crippen molar-refractivity contribution in [1.82, 2.24) is 19.8 Å². The quantitative estimate of drug-likeness (QED) is 0.333. The lowest BCUT2D eigenvalue weighted by atomic mass is 9.89. The van der Waals surface area contributed by atoms with Crippen molar-refractivity contribution in [2.45, 2.75) is 12.6 Å². The number of nitrogens with one attached hydrogen (secondary N) is 2. The van der Waals surface area contributed by atoms with E-state index in [2.05, 4.69) is 15.3 Å². The van der Waals surface area contributed by atoms with Gasteiger partial charge >= 0.3 is 5.97 Å². The first-order valence-electron chi connectivity index (χ1n) is 12.9. The Balaban J connectivity index is 1.62. The summed E-state index contributed by atoms with van der Waals surface area (Å²) in [5.41, 5.74) is 0.0938. The molecule has 1 aromatic carbocycles. The van der Waals surface area contributed by atoms with Crippen LogP contribution >= 0.6 is 0 Å². The summed E-state index contributed by atoms with van der Waals surface area (Å²) in [6, 6.07) is 5.09. The molecule has 0 bridgehead atoms. The topological polar surface area (TPSA) is 122 Å². The van der Waals surface area contributed by atoms with Crippen LogP contribution in [0.3, 0.4) is 0 Å². The Labute approximate surface area is 231 Å². The summed E-state index contributed by atoms with van der Waals surface area (Å²) < 4.78 is 43.5. The van der Waals surface area contributed by atoms with Crippen molar-refractivity contribution >= 4 is 40.1 Å². The Morgan fingerprint density at radius 1 is 1.22 bits per heavy atom. The fourth-order valence-corrected chi connectivity index (χ4v) is 5.26. The van der Waals surface area contributed by atoms with Gasteiger partial charge in [-0.3, -0.25) is 14.6 Å². The maximum absolute atomic E-state index is 15.4. The summed E-state index contributed by atoms with van der Waals surface area (Å²) >= 11 is 0. The van der Waals surface area contributed by atoms with Crippen LogP contribution in [0.15, 0.2) is 74.5 Å². The Hall–Kier alpha value is -4.84. The largest absolute Gasteiger partial charge is 0.463 e. The van der Waals surface area contributed by atoms with Gasteiger partial charge in [-0.15, -0.1) is 0 Å². The number of carbonyl (C=O) groups is 2. The highest BCUT2D eigenvalue weighted by Gasteiger charge is 2.34. The second-order valence-corrected chi connectivity index (χ2v) is 10.1. The van der Waals surface area contributed by atoms with Crippen LogP contribution in [-0.2, 0) is 16.1 Å². The molecule has 0 saturated carbocycles. The minimum Gasteiger partial charge on any atom is -0.463 e. The molecular weight excluding hydrogens is 536 g/mol. The minimum atomic E-state index is -0.792. The minimum absolute atomic E-state index is 0.0291. The van der Waals surface area contributed by atoms with Crippen LogP contribution in [0.1, 0.15) is 10.5 Å². The van der Waals surface area contributed by atoms with E-state index in [9.17, 15) is 14.4 Å². The number of esters is 1. The zero-order valence-electron chi connectivity index (χ0n) is 22.1. The molecule has 1 amide bonds. The molecule has 0 fully saturated rings. The number of aromatic nitrogens is 2. The molecule has 210 valence electrons. The summed E-state index contributed by atoms with van der Waals surface area (Å²) in [6.07, 6.45) is 6.69. The number of H-pyrrole nitrogens is 1. The second-order valence-electron chi connectivity index (χ2n) is 10.1. The molecule has 6 rings (SSSR count). The highest BCUT2D eigenvalue weighted by Crippen LogP contribution is 2.41. The van der Waals surface area contributed by atoms with Gasteiger partial charge in [0.05, 0.1) is 53.0 Å². The number of carbonyl (C=O) groups excluding carboxylic acids is 2. The number of furan rings is 1. The van der Waals surface area contributed by atoms with Crippen molar-refractivity contribution in [3.8, 4) is 11.1 Å². The highest BCUT2D eigenvalue weighted by atomic mass is 19.1. The van der Waals surface area contributed by atoms with Crippen LogP contribution in [0, 0.1) is 11.7 Å². The van der Waals surface area contributed by atoms with Gasteiger partial charge in [-0.25, -0.2) is 13.6 Å². The summed E-state index contributed by atoms with van der Waals surface area (Å²) in [6.45, 7) is 0.181. The first kappa shape index (κ1) is 26.4. The SMILES string of the molecule is CN(C)CCOC(=O)c1c(-c2ccc[nH]c2=O)c2c3occc3c(F)cc2n1CC1=CC2C(=O)NC=NC2C=C1F. The molecule has 1 aliphatic heterocycles. The fourth-order valence-electron chi connectivity index (χ4n) is 5.26. The van der Waals surface area contributed by atoms with Gasteiger partial charge in [-0.05, 0) is 44.4 Å². The fraction of sp³-hybridized carbons (Fsp3) is 0.241. The third-order valence-corrected chi connectivity index (χ3v) is 7.23. The van der Waals surface area contributed by atoms with Gasteiger partial charge in [-0.2, -0.15) is 0 Å². The van der Waals surface area contributed by atoms with E-state index in [4.69, 9.17) is 9.15 Å². The van der Waals surface area contributed by atoms with Crippen LogP contribution < -0.4 is 10.9 Å². The zero-order chi connectivity index (χ0) is 28.8. The summed E-state index contributed by atoms with van der Waals surface area (Å²) in [7, 11) is 3.64. The summed E-state index contributed by atoms with van der Waals surface area (Å²) in [5, 5.41) is 2.96. The lowest BCUT2D eigenvalue weighted by molar-refractivity contribution is -0.122. The Kier molecular flexibility index (Phi) is 6.62. The molecule has 2 N–H and O–H groups in total. The molecule has 41 heavy (non-hydrogen) atoms. The number of ether oxygens (including phenoxy) is 1. The van der Waals surface area contributed by atoms with E-state index in [-0.39, 0.29) is 57.9 Å². The smallest absolute Gasteiger partial charge is 0.355 e. The maximum Gasteiger partial charge on any atom is 0.355 e. The van der Waals surface area contributed by atoms with E-state index < -0.39 is 35.1 Å². The van der Waals surface area contributed by atoms with E-state index in [1.807, 2.05) is 19.0 Å². The van der Waals surface area contributed by atoms with Crippen molar-refractivity contribution < 1.29 is 27.5 Å². The predicted octanol–water partition coefficient (Wildman–Crippen LogP) is 3.54. The van der Waals surface area contributed by atoms with Gasteiger partial charge in [0.1, 0.15) is 29.5 Å². The van der Waals surface area contributed by atoms with Crippen molar-refractivity contribution in [1.29, 1.82) is 0 Å². The first-order valence-corrected chi connectivity index (χ1v) is 12.9. The highest BCUT2D eigenvalue weighted by molar-refractivity contribution is 6.17. The van der Waals surface area contributed by atoms with Gasteiger partial charge in [0.2, 0.25) is 5.91 Å². The average molecular weight is 562 g/mol. The molecule has 4 heterocycles. The number of aromatic amines is 1. The van der Waals surface area contributed by atoms with Gasteiger partial charge in [-0.1, -0.05) is 6.08 Å². The molecule has 0 radical (unpaired) electrons. The monoisotopic (exact) mass is 561 g/mol. The number of fused-ring (bicyclic) bond motifs is 4. The van der Waals surface area contributed by atoms with E-state index in [1.165, 1.54) is 53.7 Å². The molecule has 0 saturated heterocycles. The Bertz CT molecular complexity index is 1860. The second kappa shape index (κ2) is 10.3. The Morgan fingerprint density at radius 2 is 2.05 bits per heavy atom. The number of benzene rings is 1. The third kappa shape index (κ3) is 4.55. The lowest BCUT2D eigenvalue weighted by Gasteiger charge is -2.26. The zero-order valence-corrected chi connectivity index (χ0v) is 22.1. The number of amides is 1. The molecule has 2 unspecified atom stereocenters. The molecule has 4 aromatic rings. The Morgan fingerprint density at radius 3 is 2.83 bits per heavy atom. The molecule has 1 aliphatic carbocycles. The number of hydrogen-bond donors (Lipinski definition) is 2. The van der Waals surface area contributed by atoms with Gasteiger partial charge in [0.25, 0.3) is 5.56 Å². The number of nitrogens with zero attached hydrogens (tertiary/aromatic N) is 3. The van der Waals surface area contributed by atoms with E-state index in [1.54, 1.807) is 6.07 Å². The number of pyridine rings is 1. The molecule has 12 heteroatoms. The van der Waals surface area contributed by atoms with Crippen LogP contribution in [0.25, 0.3) is 33.0 Å². The molecule has 3 aromatic heterocycles. The van der Waals surface area contributed by atoms with Crippen LogP contribution in [-0.4, -0.2) is 66.0 Å². The summed E-state index contributed by atoms with van der Waals surface area (Å²) in [5.74, 6) is -3.18. The van der Waals surface area contributed by atoms with Gasteiger partial charge in [0, 0.05) is 23.9 Å². The first-order chi connectivity index (χ1) is 19.7. The number of allylic oxidation sites excluding steroid dienone is 2. The number of hydrogen-bond acceptors (Lipinski definition) is 7. The van der Waals surface area contributed by atoms with Gasteiger partial charge in [0.15, 0.2) is 0 Å². The third-order valence-electron chi connectivity index (χ3n) is 7.23. The van der Waals surface area contributed by atoms with Crippen molar-refractivity contribution in [3.63, 3.8) is 0 Å². The van der Waals surface area contributed by atoms with Crippen molar-refractivity contribution in [3.05, 3.63) is 82.1 Å². The van der Waals surface area contributed by atoms with Crippen LogP contribution in [0.2, 0.25) is 0 Å².